The molecule has 3 unspecified atom stereocenters. The number of amidine groups is 1. The van der Waals surface area contributed by atoms with E-state index in [1.807, 2.05) is 6.08 Å². The molecule has 0 aromatic heterocycles. The van der Waals surface area contributed by atoms with Gasteiger partial charge in [-0.2, -0.15) is 0 Å². The highest BCUT2D eigenvalue weighted by Gasteiger charge is 2.45. The van der Waals surface area contributed by atoms with Crippen LogP contribution in [0.4, 0.5) is 10.1 Å². The average Bonchev–Trinajstić information content (AvgIpc) is 3.19. The lowest BCUT2D eigenvalue weighted by atomic mass is 9.93. The van der Waals surface area contributed by atoms with Crippen molar-refractivity contribution >= 4 is 34.2 Å². The van der Waals surface area contributed by atoms with Crippen LogP contribution < -0.4 is 10.2 Å². The highest BCUT2D eigenvalue weighted by atomic mass is 35.5. The van der Waals surface area contributed by atoms with Crippen LogP contribution in [0.5, 0.6) is 0 Å². The number of anilines is 1. The van der Waals surface area contributed by atoms with Crippen molar-refractivity contribution in [2.24, 2.45) is 4.99 Å². The van der Waals surface area contributed by atoms with E-state index in [2.05, 4.69) is 34.5 Å². The van der Waals surface area contributed by atoms with Crippen molar-refractivity contribution in [1.82, 2.24) is 5.32 Å². The quantitative estimate of drug-likeness (QED) is 0.734. The largest absolute Gasteiger partial charge is 0.301 e. The number of hydrogen-bond donors (Lipinski definition) is 1. The molecule has 142 valence electrons. The Kier molecular flexibility index (Phi) is 4.78. The Bertz CT molecular complexity index is 830. The van der Waals surface area contributed by atoms with Gasteiger partial charge >= 0.3 is 0 Å². The van der Waals surface area contributed by atoms with Crippen LogP contribution in [-0.4, -0.2) is 29.6 Å². The molecule has 5 rings (SSSR count). The lowest BCUT2D eigenvalue weighted by molar-refractivity contribution is 0.331. The molecular weight excluding hydrogens is 381 g/mol. The van der Waals surface area contributed by atoms with E-state index in [9.17, 15) is 4.39 Å². The van der Waals surface area contributed by atoms with Crippen molar-refractivity contribution in [3.8, 4) is 0 Å². The molecule has 1 aromatic carbocycles. The Morgan fingerprint density at radius 3 is 2.81 bits per heavy atom. The molecule has 4 aliphatic rings. The minimum Gasteiger partial charge on any atom is -0.301 e. The predicted octanol–water partition coefficient (Wildman–Crippen LogP) is 5.38. The number of nitrogens with zero attached hydrogens (tertiary/aromatic N) is 2. The van der Waals surface area contributed by atoms with Crippen LogP contribution in [0.3, 0.4) is 0 Å². The van der Waals surface area contributed by atoms with Crippen molar-refractivity contribution in [3.63, 3.8) is 0 Å². The molecule has 1 aromatic rings. The van der Waals surface area contributed by atoms with Gasteiger partial charge in [0.2, 0.25) is 0 Å². The number of allylic oxidation sites excluding steroid dienone is 2. The first kappa shape index (κ1) is 17.8. The summed E-state index contributed by atoms with van der Waals surface area (Å²) in [5.41, 5.74) is 2.16. The molecule has 0 amide bonds. The van der Waals surface area contributed by atoms with Crippen LogP contribution in [0.2, 0.25) is 0 Å². The van der Waals surface area contributed by atoms with Gasteiger partial charge in [-0.1, -0.05) is 49.1 Å². The van der Waals surface area contributed by atoms with Crippen LogP contribution in [0.15, 0.2) is 56.9 Å². The van der Waals surface area contributed by atoms with Crippen LogP contribution in [0, 0.1) is 0 Å². The highest BCUT2D eigenvalue weighted by molar-refractivity contribution is 8.14. The fourth-order valence-corrected chi connectivity index (χ4v) is 5.94. The van der Waals surface area contributed by atoms with Crippen LogP contribution in [-0.2, 0) is 0 Å². The minimum atomic E-state index is -0.991. The number of rotatable bonds is 3. The molecule has 2 aliphatic heterocycles. The SMILES string of the molecule is FC1C=C(Cl)C(C2N=C3Sc4ccccc4N3C2NC2CCCCC2)=CC1. The number of benzene rings is 1. The number of aliphatic imine (C=N–C) groups is 1. The van der Waals surface area contributed by atoms with Gasteiger partial charge in [0.15, 0.2) is 5.17 Å². The zero-order chi connectivity index (χ0) is 18.4. The lowest BCUT2D eigenvalue weighted by Crippen LogP contribution is -2.53. The minimum absolute atomic E-state index is 0.0313. The van der Waals surface area contributed by atoms with Crippen molar-refractivity contribution in [2.75, 3.05) is 4.90 Å². The van der Waals surface area contributed by atoms with Gasteiger partial charge in [-0.05, 0) is 48.4 Å². The summed E-state index contributed by atoms with van der Waals surface area (Å²) < 4.78 is 13.7. The van der Waals surface area contributed by atoms with Crippen molar-refractivity contribution in [1.29, 1.82) is 0 Å². The van der Waals surface area contributed by atoms with E-state index >= 15 is 0 Å². The first-order chi connectivity index (χ1) is 13.2. The fourth-order valence-electron chi connectivity index (χ4n) is 4.52. The summed E-state index contributed by atoms with van der Waals surface area (Å²) in [5.74, 6) is 0. The molecule has 1 N–H and O–H groups in total. The maximum Gasteiger partial charge on any atom is 0.170 e. The molecule has 0 spiro atoms. The Balaban J connectivity index is 1.49. The van der Waals surface area contributed by atoms with E-state index in [1.54, 1.807) is 11.8 Å². The van der Waals surface area contributed by atoms with Gasteiger partial charge < -0.3 is 4.90 Å². The van der Waals surface area contributed by atoms with E-state index < -0.39 is 6.17 Å². The average molecular weight is 404 g/mol. The third kappa shape index (κ3) is 3.24. The summed E-state index contributed by atoms with van der Waals surface area (Å²) >= 11 is 8.17. The third-order valence-corrected chi connectivity index (χ3v) is 7.25. The molecule has 2 aliphatic carbocycles. The third-order valence-electron chi connectivity index (χ3n) is 5.86. The maximum atomic E-state index is 13.7. The monoisotopic (exact) mass is 403 g/mol. The van der Waals surface area contributed by atoms with Gasteiger partial charge in [0.1, 0.15) is 18.4 Å². The molecule has 0 bridgehead atoms. The number of para-hydroxylation sites is 1. The van der Waals surface area contributed by atoms with Crippen molar-refractivity contribution < 1.29 is 4.39 Å². The second kappa shape index (κ2) is 7.26. The summed E-state index contributed by atoms with van der Waals surface area (Å²) in [6.45, 7) is 0. The van der Waals surface area contributed by atoms with Crippen molar-refractivity contribution in [3.05, 3.63) is 47.0 Å². The summed E-state index contributed by atoms with van der Waals surface area (Å²) in [6.07, 6.45) is 9.18. The smallest absolute Gasteiger partial charge is 0.170 e. The fraction of sp³-hybridized carbons (Fsp3) is 0.476. The van der Waals surface area contributed by atoms with E-state index in [0.717, 1.165) is 10.7 Å². The molecule has 2 heterocycles. The molecule has 1 saturated carbocycles. The number of fused-ring (bicyclic) bond motifs is 3. The number of thioether (sulfide) groups is 1. The molecule has 1 fully saturated rings. The molecular formula is C21H23ClFN3S. The second-order valence-corrected chi connectivity index (χ2v) is 9.08. The van der Waals surface area contributed by atoms with E-state index in [4.69, 9.17) is 16.6 Å². The molecule has 27 heavy (non-hydrogen) atoms. The first-order valence-electron chi connectivity index (χ1n) is 9.82. The van der Waals surface area contributed by atoms with Crippen molar-refractivity contribution in [2.45, 2.75) is 67.8 Å². The topological polar surface area (TPSA) is 27.6 Å². The number of hydrogen-bond acceptors (Lipinski definition) is 4. The first-order valence-corrected chi connectivity index (χ1v) is 11.0. The summed E-state index contributed by atoms with van der Waals surface area (Å²) in [5, 5.41) is 5.41. The molecule has 3 atom stereocenters. The normalized spacial score (nSPS) is 30.5. The van der Waals surface area contributed by atoms with Gasteiger partial charge in [0.25, 0.3) is 0 Å². The van der Waals surface area contributed by atoms with Crippen LogP contribution in [0.1, 0.15) is 38.5 Å². The molecule has 6 heteroatoms. The van der Waals surface area contributed by atoms with E-state index in [0.29, 0.717) is 17.5 Å². The molecule has 0 saturated heterocycles. The second-order valence-electron chi connectivity index (χ2n) is 7.67. The maximum absolute atomic E-state index is 13.7. The van der Waals surface area contributed by atoms with E-state index in [1.165, 1.54) is 48.8 Å². The van der Waals surface area contributed by atoms with Gasteiger partial charge in [-0.3, -0.25) is 5.32 Å². The Morgan fingerprint density at radius 1 is 1.19 bits per heavy atom. The van der Waals surface area contributed by atoms with Gasteiger partial charge in [0, 0.05) is 22.4 Å². The number of halogens is 2. The van der Waals surface area contributed by atoms with Gasteiger partial charge in [0.05, 0.1) is 5.69 Å². The Morgan fingerprint density at radius 2 is 2.00 bits per heavy atom. The van der Waals surface area contributed by atoms with Gasteiger partial charge in [-0.25, -0.2) is 9.38 Å². The zero-order valence-electron chi connectivity index (χ0n) is 15.1. The number of alkyl halides is 1. The van der Waals surface area contributed by atoms with Gasteiger partial charge in [-0.15, -0.1) is 0 Å². The molecule has 3 nitrogen and oxygen atoms in total. The van der Waals surface area contributed by atoms with Crippen LogP contribution in [0.25, 0.3) is 0 Å². The lowest BCUT2D eigenvalue weighted by Gasteiger charge is -2.35. The zero-order valence-corrected chi connectivity index (χ0v) is 16.6. The number of nitrogens with one attached hydrogen (secondary N) is 1. The van der Waals surface area contributed by atoms with Crippen LogP contribution >= 0.6 is 23.4 Å². The summed E-state index contributed by atoms with van der Waals surface area (Å²) in [6, 6.07) is 8.85. The highest BCUT2D eigenvalue weighted by Crippen LogP contribution is 2.47. The standard InChI is InChI=1S/C21H23ClFN3S/c22-16-12-13(23)10-11-15(16)19-20(24-14-6-2-1-3-7-14)26-17-8-4-5-9-18(17)27-21(26)25-19/h4-5,8-9,11-14,19-20,24H,1-3,6-7,10H2. The molecule has 0 radical (unpaired) electrons. The summed E-state index contributed by atoms with van der Waals surface area (Å²) in [4.78, 5) is 8.61. The Hall–Kier alpha value is -1.30. The summed E-state index contributed by atoms with van der Waals surface area (Å²) in [7, 11) is 0. The Labute approximate surface area is 168 Å². The predicted molar refractivity (Wildman–Crippen MR) is 111 cm³/mol. The van der Waals surface area contributed by atoms with E-state index in [-0.39, 0.29) is 12.2 Å².